The van der Waals surface area contributed by atoms with Crippen LogP contribution >= 0.6 is 0 Å². The predicted molar refractivity (Wildman–Crippen MR) is 71.1 cm³/mol. The molecule has 0 aromatic carbocycles. The van der Waals surface area contributed by atoms with Crippen molar-refractivity contribution in [2.75, 3.05) is 13.2 Å². The van der Waals surface area contributed by atoms with Crippen molar-refractivity contribution in [1.82, 2.24) is 10.3 Å². The minimum atomic E-state index is -1.17. The van der Waals surface area contributed by atoms with Crippen LogP contribution in [0.1, 0.15) is 24.8 Å². The van der Waals surface area contributed by atoms with Gasteiger partial charge in [-0.1, -0.05) is 0 Å². The van der Waals surface area contributed by atoms with Crippen molar-refractivity contribution in [2.24, 2.45) is 0 Å². The summed E-state index contributed by atoms with van der Waals surface area (Å²) >= 11 is 0. The number of carboxylic acids is 1. The van der Waals surface area contributed by atoms with Crippen molar-refractivity contribution in [2.45, 2.75) is 31.2 Å². The van der Waals surface area contributed by atoms with Gasteiger partial charge in [0.2, 0.25) is 5.91 Å². The molecule has 108 valence electrons. The lowest BCUT2D eigenvalue weighted by atomic mass is 9.90. The topological polar surface area (TPSA) is 88.5 Å². The quantitative estimate of drug-likeness (QED) is 0.830. The molecule has 20 heavy (non-hydrogen) atoms. The van der Waals surface area contributed by atoms with E-state index in [2.05, 4.69) is 10.3 Å². The van der Waals surface area contributed by atoms with Crippen molar-refractivity contribution in [3.8, 4) is 0 Å². The average Bonchev–Trinajstić information content (AvgIpc) is 2.47. The highest BCUT2D eigenvalue weighted by atomic mass is 16.5. The van der Waals surface area contributed by atoms with Gasteiger partial charge in [-0.25, -0.2) is 4.79 Å². The molecule has 2 rings (SSSR count). The molecule has 1 aliphatic heterocycles. The van der Waals surface area contributed by atoms with Crippen LogP contribution in [0.4, 0.5) is 0 Å². The number of nitrogens with one attached hydrogen (secondary N) is 1. The van der Waals surface area contributed by atoms with Crippen molar-refractivity contribution < 1.29 is 19.4 Å². The number of carboxylic acid groups (broad SMARTS) is 1. The van der Waals surface area contributed by atoms with E-state index < -0.39 is 11.5 Å². The summed E-state index contributed by atoms with van der Waals surface area (Å²) in [6, 6.07) is 3.68. The number of aliphatic carboxylic acids is 1. The summed E-state index contributed by atoms with van der Waals surface area (Å²) in [6.45, 7) is 0.716. The van der Waals surface area contributed by atoms with E-state index in [-0.39, 0.29) is 12.3 Å². The number of ether oxygens (including phenoxy) is 1. The third-order valence-electron chi connectivity index (χ3n) is 3.52. The molecule has 6 heteroatoms. The number of rotatable bonds is 5. The van der Waals surface area contributed by atoms with E-state index in [1.807, 2.05) is 12.1 Å². The van der Waals surface area contributed by atoms with E-state index in [1.165, 1.54) is 0 Å². The number of carbonyl (C=O) groups excluding carboxylic acids is 1. The number of aromatic nitrogens is 1. The molecule has 1 fully saturated rings. The maximum Gasteiger partial charge on any atom is 0.329 e. The van der Waals surface area contributed by atoms with Crippen LogP contribution in [0.15, 0.2) is 24.5 Å². The van der Waals surface area contributed by atoms with Crippen LogP contribution < -0.4 is 5.32 Å². The first-order chi connectivity index (χ1) is 9.62. The van der Waals surface area contributed by atoms with E-state index in [0.29, 0.717) is 32.5 Å². The van der Waals surface area contributed by atoms with Crippen LogP contribution in [0.3, 0.4) is 0 Å². The van der Waals surface area contributed by atoms with Gasteiger partial charge in [0, 0.05) is 44.9 Å². The van der Waals surface area contributed by atoms with Crippen LogP contribution in [0.5, 0.6) is 0 Å². The molecule has 0 unspecified atom stereocenters. The fourth-order valence-electron chi connectivity index (χ4n) is 2.25. The minimum absolute atomic E-state index is 0.244. The third kappa shape index (κ3) is 3.54. The number of amides is 1. The molecule has 0 aliphatic carbocycles. The lowest BCUT2D eigenvalue weighted by Crippen LogP contribution is -2.57. The number of carbonyl (C=O) groups is 2. The summed E-state index contributed by atoms with van der Waals surface area (Å²) in [5.41, 5.74) is -0.167. The highest BCUT2D eigenvalue weighted by Crippen LogP contribution is 2.21. The van der Waals surface area contributed by atoms with Crippen LogP contribution in [-0.4, -0.2) is 40.7 Å². The maximum absolute atomic E-state index is 12.0. The molecule has 0 saturated carbocycles. The van der Waals surface area contributed by atoms with E-state index in [0.717, 1.165) is 5.56 Å². The van der Waals surface area contributed by atoms with Gasteiger partial charge in [0.1, 0.15) is 5.54 Å². The lowest BCUT2D eigenvalue weighted by Gasteiger charge is -2.33. The van der Waals surface area contributed by atoms with Gasteiger partial charge in [-0.2, -0.15) is 0 Å². The van der Waals surface area contributed by atoms with Crippen LogP contribution in [0.2, 0.25) is 0 Å². The zero-order valence-electron chi connectivity index (χ0n) is 11.2. The summed E-state index contributed by atoms with van der Waals surface area (Å²) in [4.78, 5) is 27.3. The molecule has 1 amide bonds. The van der Waals surface area contributed by atoms with Gasteiger partial charge in [-0.3, -0.25) is 9.78 Å². The molecule has 2 N–H and O–H groups in total. The van der Waals surface area contributed by atoms with E-state index in [9.17, 15) is 14.7 Å². The molecule has 0 atom stereocenters. The van der Waals surface area contributed by atoms with E-state index in [1.54, 1.807) is 12.4 Å². The first-order valence-electron chi connectivity index (χ1n) is 6.63. The molecule has 2 heterocycles. The first kappa shape index (κ1) is 14.5. The molecule has 6 nitrogen and oxygen atoms in total. The van der Waals surface area contributed by atoms with Crippen molar-refractivity contribution in [3.05, 3.63) is 30.1 Å². The minimum Gasteiger partial charge on any atom is -0.480 e. The standard InChI is InChI=1S/C14H18N2O4/c17-12(2-1-11-3-7-15-8-4-11)16-14(13(18)19)5-9-20-10-6-14/h3-4,7-8H,1-2,5-6,9-10H2,(H,16,17)(H,18,19). The van der Waals surface area contributed by atoms with Gasteiger partial charge in [0.15, 0.2) is 0 Å². The lowest BCUT2D eigenvalue weighted by molar-refractivity contribution is -0.152. The van der Waals surface area contributed by atoms with Crippen LogP contribution in [0.25, 0.3) is 0 Å². The average molecular weight is 278 g/mol. The molecular weight excluding hydrogens is 260 g/mol. The summed E-state index contributed by atoms with van der Waals surface area (Å²) < 4.78 is 5.16. The van der Waals surface area contributed by atoms with E-state index >= 15 is 0 Å². The van der Waals surface area contributed by atoms with Gasteiger partial charge in [-0.05, 0) is 24.1 Å². The summed E-state index contributed by atoms with van der Waals surface area (Å²) in [5.74, 6) is -1.23. The molecular formula is C14H18N2O4. The Bertz CT molecular complexity index is 469. The second kappa shape index (κ2) is 6.47. The van der Waals surface area contributed by atoms with Gasteiger partial charge in [0.25, 0.3) is 0 Å². The van der Waals surface area contributed by atoms with Crippen molar-refractivity contribution >= 4 is 11.9 Å². The number of hydrogen-bond donors (Lipinski definition) is 2. The monoisotopic (exact) mass is 278 g/mol. The summed E-state index contributed by atoms with van der Waals surface area (Å²) in [6.07, 6.45) is 4.79. The Kier molecular flexibility index (Phi) is 4.68. The Labute approximate surface area is 117 Å². The highest BCUT2D eigenvalue weighted by Gasteiger charge is 2.41. The Morgan fingerprint density at radius 3 is 2.55 bits per heavy atom. The Hall–Kier alpha value is -1.95. The molecule has 1 aromatic heterocycles. The first-order valence-corrected chi connectivity index (χ1v) is 6.63. The fourth-order valence-corrected chi connectivity index (χ4v) is 2.25. The van der Waals surface area contributed by atoms with Crippen molar-refractivity contribution in [1.29, 1.82) is 0 Å². The molecule has 0 spiro atoms. The molecule has 0 radical (unpaired) electrons. The van der Waals surface area contributed by atoms with Crippen LogP contribution in [0, 0.1) is 0 Å². The third-order valence-corrected chi connectivity index (χ3v) is 3.52. The number of aryl methyl sites for hydroxylation is 1. The molecule has 1 saturated heterocycles. The second-order valence-electron chi connectivity index (χ2n) is 4.90. The molecule has 1 aromatic rings. The normalized spacial score (nSPS) is 17.4. The zero-order chi connectivity index (χ0) is 14.4. The largest absolute Gasteiger partial charge is 0.480 e. The zero-order valence-corrected chi connectivity index (χ0v) is 11.2. The van der Waals surface area contributed by atoms with Gasteiger partial charge >= 0.3 is 5.97 Å². The predicted octanol–water partition coefficient (Wildman–Crippen LogP) is 0.764. The number of hydrogen-bond acceptors (Lipinski definition) is 4. The number of nitrogens with zero attached hydrogens (tertiary/aromatic N) is 1. The van der Waals surface area contributed by atoms with Crippen LogP contribution in [-0.2, 0) is 20.7 Å². The van der Waals surface area contributed by atoms with Gasteiger partial charge in [0.05, 0.1) is 0 Å². The smallest absolute Gasteiger partial charge is 0.329 e. The Morgan fingerprint density at radius 1 is 1.30 bits per heavy atom. The summed E-state index contributed by atoms with van der Waals surface area (Å²) in [5, 5.41) is 12.0. The summed E-state index contributed by atoms with van der Waals surface area (Å²) in [7, 11) is 0. The Morgan fingerprint density at radius 2 is 1.95 bits per heavy atom. The van der Waals surface area contributed by atoms with Crippen molar-refractivity contribution in [3.63, 3.8) is 0 Å². The van der Waals surface area contributed by atoms with Gasteiger partial charge < -0.3 is 15.2 Å². The number of pyridine rings is 1. The van der Waals surface area contributed by atoms with Gasteiger partial charge in [-0.15, -0.1) is 0 Å². The Balaban J connectivity index is 1.90. The highest BCUT2D eigenvalue weighted by molar-refractivity contribution is 5.87. The SMILES string of the molecule is O=C(CCc1ccncc1)NC1(C(=O)O)CCOCC1. The second-order valence-corrected chi connectivity index (χ2v) is 4.90. The maximum atomic E-state index is 12.0. The molecule has 1 aliphatic rings. The fraction of sp³-hybridized carbons (Fsp3) is 0.500. The van der Waals surface area contributed by atoms with E-state index in [4.69, 9.17) is 4.74 Å². The molecule has 0 bridgehead atoms.